The highest BCUT2D eigenvalue weighted by Crippen LogP contribution is 2.24. The van der Waals surface area contributed by atoms with E-state index in [4.69, 9.17) is 10.5 Å². The first-order valence-corrected chi connectivity index (χ1v) is 6.79. The normalized spacial score (nSPS) is 16.7. The van der Waals surface area contributed by atoms with Crippen LogP contribution in [0.2, 0.25) is 0 Å². The number of nitrogens with zero attached hydrogens (tertiary/aromatic N) is 1. The predicted molar refractivity (Wildman–Crippen MR) is 73.8 cm³/mol. The summed E-state index contributed by atoms with van der Waals surface area (Å²) in [5.41, 5.74) is 6.49. The summed E-state index contributed by atoms with van der Waals surface area (Å²) in [6, 6.07) is 5.65. The lowest BCUT2D eigenvalue weighted by Gasteiger charge is -2.30. The van der Waals surface area contributed by atoms with E-state index in [1.165, 1.54) is 0 Å². The molecule has 18 heavy (non-hydrogen) atoms. The smallest absolute Gasteiger partial charge is 0.255 e. The molecular formula is C13H17BrN2O2. The van der Waals surface area contributed by atoms with Gasteiger partial charge in [-0.15, -0.1) is 0 Å². The van der Waals surface area contributed by atoms with E-state index in [0.717, 1.165) is 30.4 Å². The average molecular weight is 313 g/mol. The second kappa shape index (κ2) is 5.71. The molecule has 5 heteroatoms. The van der Waals surface area contributed by atoms with Crippen molar-refractivity contribution in [1.82, 2.24) is 4.90 Å². The molecule has 0 spiro atoms. The third-order valence-corrected chi connectivity index (χ3v) is 3.92. The van der Waals surface area contributed by atoms with Gasteiger partial charge in [0.2, 0.25) is 0 Å². The molecule has 2 rings (SSSR count). The Hall–Kier alpha value is -1.07. The highest BCUT2D eigenvalue weighted by molar-refractivity contribution is 9.10. The van der Waals surface area contributed by atoms with E-state index in [2.05, 4.69) is 15.9 Å². The fourth-order valence-electron chi connectivity index (χ4n) is 2.07. The fraction of sp³-hybridized carbons (Fsp3) is 0.462. The van der Waals surface area contributed by atoms with Crippen LogP contribution < -0.4 is 10.5 Å². The van der Waals surface area contributed by atoms with Gasteiger partial charge in [-0.2, -0.15) is 0 Å². The maximum Gasteiger partial charge on any atom is 0.255 e. The number of piperidine rings is 1. The van der Waals surface area contributed by atoms with E-state index in [0.29, 0.717) is 11.3 Å². The Balaban J connectivity index is 2.17. The maximum absolute atomic E-state index is 12.4. The van der Waals surface area contributed by atoms with Crippen molar-refractivity contribution >= 4 is 21.8 Å². The monoisotopic (exact) mass is 312 g/mol. The number of benzene rings is 1. The Bertz CT molecular complexity index is 443. The van der Waals surface area contributed by atoms with Crippen LogP contribution in [0.4, 0.5) is 0 Å². The molecule has 0 unspecified atom stereocenters. The number of methoxy groups -OCH3 is 1. The number of hydrogen-bond acceptors (Lipinski definition) is 3. The number of carbonyl (C=O) groups is 1. The van der Waals surface area contributed by atoms with Crippen LogP contribution in [0, 0.1) is 0 Å². The van der Waals surface area contributed by atoms with Gasteiger partial charge in [0.1, 0.15) is 5.75 Å². The summed E-state index contributed by atoms with van der Waals surface area (Å²) in [5, 5.41) is 0. The van der Waals surface area contributed by atoms with Gasteiger partial charge in [-0.1, -0.05) is 0 Å². The Morgan fingerprint density at radius 1 is 1.44 bits per heavy atom. The number of nitrogens with two attached hydrogens (primary N) is 1. The molecule has 4 nitrogen and oxygen atoms in total. The zero-order valence-electron chi connectivity index (χ0n) is 10.4. The molecule has 1 aromatic carbocycles. The summed E-state index contributed by atoms with van der Waals surface area (Å²) in [6.45, 7) is 1.45. The van der Waals surface area contributed by atoms with Crippen molar-refractivity contribution in [1.29, 1.82) is 0 Å². The van der Waals surface area contributed by atoms with Crippen molar-refractivity contribution in [2.45, 2.75) is 18.9 Å². The van der Waals surface area contributed by atoms with Crippen molar-refractivity contribution in [3.8, 4) is 5.75 Å². The molecule has 2 N–H and O–H groups in total. The van der Waals surface area contributed by atoms with Gasteiger partial charge in [0.25, 0.3) is 5.91 Å². The molecule has 0 aliphatic carbocycles. The van der Waals surface area contributed by atoms with E-state index in [-0.39, 0.29) is 11.9 Å². The minimum absolute atomic E-state index is 0.0349. The summed E-state index contributed by atoms with van der Waals surface area (Å²) in [6.07, 6.45) is 1.74. The molecular weight excluding hydrogens is 296 g/mol. The molecule has 0 radical (unpaired) electrons. The minimum atomic E-state index is 0.0349. The van der Waals surface area contributed by atoms with E-state index in [9.17, 15) is 4.79 Å². The first-order valence-electron chi connectivity index (χ1n) is 6.00. The number of hydrogen-bond donors (Lipinski definition) is 1. The SMILES string of the molecule is COc1ccc(Br)c(C(=O)N2CCC(N)CC2)c1. The quantitative estimate of drug-likeness (QED) is 0.909. The van der Waals surface area contributed by atoms with E-state index < -0.39 is 0 Å². The predicted octanol–water partition coefficient (Wildman–Crippen LogP) is 2.02. The van der Waals surface area contributed by atoms with Gasteiger partial charge in [0.05, 0.1) is 12.7 Å². The van der Waals surface area contributed by atoms with Crippen LogP contribution >= 0.6 is 15.9 Å². The number of amides is 1. The number of likely N-dealkylation sites (tertiary alicyclic amines) is 1. The summed E-state index contributed by atoms with van der Waals surface area (Å²) < 4.78 is 5.95. The van der Waals surface area contributed by atoms with Crippen LogP contribution in [-0.4, -0.2) is 37.0 Å². The van der Waals surface area contributed by atoms with Gasteiger partial charge in [-0.05, 0) is 47.0 Å². The van der Waals surface area contributed by atoms with Crippen LogP contribution in [0.25, 0.3) is 0 Å². The first kappa shape index (κ1) is 13.4. The Morgan fingerprint density at radius 3 is 2.72 bits per heavy atom. The summed E-state index contributed by atoms with van der Waals surface area (Å²) >= 11 is 3.41. The summed E-state index contributed by atoms with van der Waals surface area (Å²) in [5.74, 6) is 0.725. The van der Waals surface area contributed by atoms with Gasteiger partial charge in [-0.3, -0.25) is 4.79 Å². The van der Waals surface area contributed by atoms with Crippen molar-refractivity contribution in [3.63, 3.8) is 0 Å². The lowest BCUT2D eigenvalue weighted by molar-refractivity contribution is 0.0713. The largest absolute Gasteiger partial charge is 0.497 e. The highest BCUT2D eigenvalue weighted by atomic mass is 79.9. The van der Waals surface area contributed by atoms with Crippen LogP contribution in [0.5, 0.6) is 5.75 Å². The topological polar surface area (TPSA) is 55.6 Å². The minimum Gasteiger partial charge on any atom is -0.497 e. The standard InChI is InChI=1S/C13H17BrN2O2/c1-18-10-2-3-12(14)11(8-10)13(17)16-6-4-9(15)5-7-16/h2-3,8-9H,4-7,15H2,1H3. The van der Waals surface area contributed by atoms with Gasteiger partial charge in [0, 0.05) is 23.6 Å². The van der Waals surface area contributed by atoms with E-state index in [1.807, 2.05) is 17.0 Å². The summed E-state index contributed by atoms with van der Waals surface area (Å²) in [4.78, 5) is 14.2. The number of ether oxygens (including phenoxy) is 1. The third kappa shape index (κ3) is 2.84. The molecule has 0 aromatic heterocycles. The number of carbonyl (C=O) groups excluding carboxylic acids is 1. The van der Waals surface area contributed by atoms with Crippen molar-refractivity contribution in [3.05, 3.63) is 28.2 Å². The average Bonchev–Trinajstić information content (AvgIpc) is 2.39. The third-order valence-electron chi connectivity index (χ3n) is 3.23. The Morgan fingerprint density at radius 2 is 2.11 bits per heavy atom. The van der Waals surface area contributed by atoms with Crippen LogP contribution in [0.1, 0.15) is 23.2 Å². The second-order valence-electron chi connectivity index (χ2n) is 4.48. The van der Waals surface area contributed by atoms with Gasteiger partial charge < -0.3 is 15.4 Å². The summed E-state index contributed by atoms with van der Waals surface area (Å²) in [7, 11) is 1.59. The molecule has 1 saturated heterocycles. The highest BCUT2D eigenvalue weighted by Gasteiger charge is 2.23. The molecule has 0 saturated carbocycles. The van der Waals surface area contributed by atoms with Crippen LogP contribution in [0.3, 0.4) is 0 Å². The molecule has 98 valence electrons. The molecule has 1 aliphatic rings. The zero-order chi connectivity index (χ0) is 13.1. The van der Waals surface area contributed by atoms with Crippen LogP contribution in [-0.2, 0) is 0 Å². The zero-order valence-corrected chi connectivity index (χ0v) is 11.9. The van der Waals surface area contributed by atoms with Gasteiger partial charge in [-0.25, -0.2) is 0 Å². The Labute approximate surface area is 115 Å². The molecule has 1 aliphatic heterocycles. The lowest BCUT2D eigenvalue weighted by atomic mass is 10.0. The fourth-order valence-corrected chi connectivity index (χ4v) is 2.48. The molecule has 0 atom stereocenters. The van der Waals surface area contributed by atoms with Crippen molar-refractivity contribution in [2.75, 3.05) is 20.2 Å². The molecule has 1 amide bonds. The van der Waals surface area contributed by atoms with Gasteiger partial charge >= 0.3 is 0 Å². The van der Waals surface area contributed by atoms with Crippen molar-refractivity contribution < 1.29 is 9.53 Å². The maximum atomic E-state index is 12.4. The second-order valence-corrected chi connectivity index (χ2v) is 5.33. The lowest BCUT2D eigenvalue weighted by Crippen LogP contribution is -2.42. The molecule has 1 heterocycles. The van der Waals surface area contributed by atoms with E-state index in [1.54, 1.807) is 13.2 Å². The van der Waals surface area contributed by atoms with Crippen LogP contribution in [0.15, 0.2) is 22.7 Å². The molecule has 0 bridgehead atoms. The number of rotatable bonds is 2. The Kier molecular flexibility index (Phi) is 4.24. The first-order chi connectivity index (χ1) is 8.61. The van der Waals surface area contributed by atoms with Gasteiger partial charge in [0.15, 0.2) is 0 Å². The number of halogens is 1. The van der Waals surface area contributed by atoms with E-state index >= 15 is 0 Å². The molecule has 1 fully saturated rings. The molecule has 1 aromatic rings. The van der Waals surface area contributed by atoms with Crippen molar-refractivity contribution in [2.24, 2.45) is 5.73 Å².